The Morgan fingerprint density at radius 2 is 1.38 bits per heavy atom. The number of amides is 3. The first-order chi connectivity index (χ1) is 12.5. The molecule has 0 heterocycles. The highest BCUT2D eigenvalue weighted by molar-refractivity contribution is 6.44. The number of fused-ring (bicyclic) bond motifs is 1. The second kappa shape index (κ2) is 6.94. The molecule has 0 saturated carbocycles. The molecule has 0 saturated heterocycles. The van der Waals surface area contributed by atoms with Crippen LogP contribution in [0.2, 0.25) is 0 Å². The second-order valence-electron chi connectivity index (χ2n) is 5.53. The smallest absolute Gasteiger partial charge is 0.314 e. The van der Waals surface area contributed by atoms with E-state index in [-0.39, 0.29) is 5.75 Å². The van der Waals surface area contributed by atoms with Crippen LogP contribution in [0.5, 0.6) is 5.75 Å². The summed E-state index contributed by atoms with van der Waals surface area (Å²) in [5, 5.41) is 16.0. The van der Waals surface area contributed by atoms with Crippen molar-refractivity contribution in [2.45, 2.75) is 0 Å². The van der Waals surface area contributed by atoms with Crippen molar-refractivity contribution in [2.75, 3.05) is 10.6 Å². The standard InChI is InChI=1S/C19H15N3O4/c20-17(24)11-7-9-12(10-8-11)21-18(25)19(26)22-15-5-1-4-14-13(15)3-2-6-16(14)23/h1-10,23H,(H2,20,24)(H,21,25)(H,22,26). The van der Waals surface area contributed by atoms with Crippen molar-refractivity contribution in [3.8, 4) is 5.75 Å². The molecule has 3 amide bonds. The molecular formula is C19H15N3O4. The predicted molar refractivity (Wildman–Crippen MR) is 97.8 cm³/mol. The van der Waals surface area contributed by atoms with Crippen LogP contribution in [0.25, 0.3) is 10.8 Å². The van der Waals surface area contributed by atoms with Crippen molar-refractivity contribution >= 4 is 39.9 Å². The number of carbonyl (C=O) groups is 3. The van der Waals surface area contributed by atoms with E-state index < -0.39 is 17.7 Å². The number of nitrogens with one attached hydrogen (secondary N) is 2. The van der Waals surface area contributed by atoms with Gasteiger partial charge in [-0.2, -0.15) is 0 Å². The van der Waals surface area contributed by atoms with Crippen LogP contribution < -0.4 is 16.4 Å². The number of hydrogen-bond donors (Lipinski definition) is 4. The van der Waals surface area contributed by atoms with E-state index in [9.17, 15) is 19.5 Å². The lowest BCUT2D eigenvalue weighted by molar-refractivity contribution is -0.132. The minimum Gasteiger partial charge on any atom is -0.507 e. The number of hydrogen-bond acceptors (Lipinski definition) is 4. The molecule has 130 valence electrons. The fraction of sp³-hybridized carbons (Fsp3) is 0. The summed E-state index contributed by atoms with van der Waals surface area (Å²) in [6.07, 6.45) is 0. The third-order valence-electron chi connectivity index (χ3n) is 3.78. The van der Waals surface area contributed by atoms with Gasteiger partial charge in [-0.3, -0.25) is 14.4 Å². The second-order valence-corrected chi connectivity index (χ2v) is 5.53. The van der Waals surface area contributed by atoms with Gasteiger partial charge in [0.15, 0.2) is 0 Å². The van der Waals surface area contributed by atoms with Gasteiger partial charge in [0.05, 0.1) is 0 Å². The van der Waals surface area contributed by atoms with Gasteiger partial charge >= 0.3 is 11.8 Å². The van der Waals surface area contributed by atoms with Gasteiger partial charge in [-0.25, -0.2) is 0 Å². The molecule has 3 aromatic carbocycles. The maximum absolute atomic E-state index is 12.2. The first kappa shape index (κ1) is 17.0. The Balaban J connectivity index is 1.75. The highest BCUT2D eigenvalue weighted by atomic mass is 16.3. The Morgan fingerprint density at radius 1 is 0.769 bits per heavy atom. The largest absolute Gasteiger partial charge is 0.507 e. The topological polar surface area (TPSA) is 122 Å². The van der Waals surface area contributed by atoms with Crippen molar-refractivity contribution in [3.05, 3.63) is 66.2 Å². The van der Waals surface area contributed by atoms with Crippen molar-refractivity contribution < 1.29 is 19.5 Å². The van der Waals surface area contributed by atoms with Crippen LogP contribution in [-0.4, -0.2) is 22.8 Å². The number of rotatable bonds is 3. The lowest BCUT2D eigenvalue weighted by atomic mass is 10.1. The van der Waals surface area contributed by atoms with Crippen molar-refractivity contribution in [1.82, 2.24) is 0 Å². The van der Waals surface area contributed by atoms with Crippen LogP contribution in [0.15, 0.2) is 60.7 Å². The molecule has 0 aliphatic carbocycles. The normalized spacial score (nSPS) is 10.3. The van der Waals surface area contributed by atoms with E-state index in [1.54, 1.807) is 30.3 Å². The molecule has 0 aliphatic rings. The molecule has 0 radical (unpaired) electrons. The molecule has 26 heavy (non-hydrogen) atoms. The van der Waals surface area contributed by atoms with E-state index in [0.29, 0.717) is 27.7 Å². The predicted octanol–water partition coefficient (Wildman–Crippen LogP) is 2.22. The zero-order valence-electron chi connectivity index (χ0n) is 13.5. The number of anilines is 2. The van der Waals surface area contributed by atoms with E-state index in [1.807, 2.05) is 0 Å². The van der Waals surface area contributed by atoms with Crippen LogP contribution in [0, 0.1) is 0 Å². The van der Waals surface area contributed by atoms with Gasteiger partial charge in [0.2, 0.25) is 5.91 Å². The van der Waals surface area contributed by atoms with Gasteiger partial charge in [-0.1, -0.05) is 24.3 Å². The van der Waals surface area contributed by atoms with Gasteiger partial charge in [-0.05, 0) is 36.4 Å². The average molecular weight is 349 g/mol. The van der Waals surface area contributed by atoms with Gasteiger partial charge in [0.1, 0.15) is 5.75 Å². The van der Waals surface area contributed by atoms with Crippen molar-refractivity contribution in [2.24, 2.45) is 5.73 Å². The van der Waals surface area contributed by atoms with Crippen LogP contribution in [0.1, 0.15) is 10.4 Å². The molecule has 0 aromatic heterocycles. The van der Waals surface area contributed by atoms with E-state index in [1.165, 1.54) is 30.3 Å². The monoisotopic (exact) mass is 349 g/mol. The van der Waals surface area contributed by atoms with Crippen LogP contribution in [0.4, 0.5) is 11.4 Å². The van der Waals surface area contributed by atoms with Gasteiger partial charge in [0.25, 0.3) is 0 Å². The SMILES string of the molecule is NC(=O)c1ccc(NC(=O)C(=O)Nc2cccc3c(O)cccc23)cc1. The number of phenols is 1. The highest BCUT2D eigenvalue weighted by Gasteiger charge is 2.16. The van der Waals surface area contributed by atoms with Crippen LogP contribution in [-0.2, 0) is 9.59 Å². The zero-order chi connectivity index (χ0) is 18.7. The summed E-state index contributed by atoms with van der Waals surface area (Å²) in [6.45, 7) is 0. The maximum atomic E-state index is 12.2. The molecule has 0 bridgehead atoms. The van der Waals surface area contributed by atoms with E-state index in [4.69, 9.17) is 5.73 Å². The molecule has 0 spiro atoms. The Bertz CT molecular complexity index is 1010. The van der Waals surface area contributed by atoms with Crippen molar-refractivity contribution in [1.29, 1.82) is 0 Å². The summed E-state index contributed by atoms with van der Waals surface area (Å²) in [7, 11) is 0. The summed E-state index contributed by atoms with van der Waals surface area (Å²) < 4.78 is 0. The molecule has 5 N–H and O–H groups in total. The molecule has 0 unspecified atom stereocenters. The molecule has 3 rings (SSSR count). The maximum Gasteiger partial charge on any atom is 0.314 e. The first-order valence-electron chi connectivity index (χ1n) is 7.68. The van der Waals surface area contributed by atoms with E-state index in [0.717, 1.165) is 0 Å². The third kappa shape index (κ3) is 3.46. The lowest BCUT2D eigenvalue weighted by Gasteiger charge is -2.10. The molecular weight excluding hydrogens is 334 g/mol. The van der Waals surface area contributed by atoms with E-state index in [2.05, 4.69) is 10.6 Å². The minimum absolute atomic E-state index is 0.0811. The number of aromatic hydroxyl groups is 1. The minimum atomic E-state index is -0.867. The van der Waals surface area contributed by atoms with Gasteiger partial charge < -0.3 is 21.5 Å². The van der Waals surface area contributed by atoms with Gasteiger partial charge in [-0.15, -0.1) is 0 Å². The fourth-order valence-corrected chi connectivity index (χ4v) is 2.49. The summed E-state index contributed by atoms with van der Waals surface area (Å²) in [6, 6.07) is 15.8. The summed E-state index contributed by atoms with van der Waals surface area (Å²) in [5.41, 5.74) is 6.20. The molecule has 0 aliphatic heterocycles. The number of nitrogens with two attached hydrogens (primary N) is 1. The van der Waals surface area contributed by atoms with E-state index >= 15 is 0 Å². The number of phenolic OH excluding ortho intramolecular Hbond substituents is 1. The Morgan fingerprint density at radius 3 is 2.08 bits per heavy atom. The summed E-state index contributed by atoms with van der Waals surface area (Å²) >= 11 is 0. The van der Waals surface area contributed by atoms with Crippen molar-refractivity contribution in [3.63, 3.8) is 0 Å². The lowest BCUT2D eigenvalue weighted by Crippen LogP contribution is -2.29. The first-order valence-corrected chi connectivity index (χ1v) is 7.68. The highest BCUT2D eigenvalue weighted by Crippen LogP contribution is 2.29. The molecule has 0 atom stereocenters. The van der Waals surface area contributed by atoms with Crippen LogP contribution >= 0.6 is 0 Å². The third-order valence-corrected chi connectivity index (χ3v) is 3.78. The Hall–Kier alpha value is -3.87. The number of primary amides is 1. The fourth-order valence-electron chi connectivity index (χ4n) is 2.49. The summed E-state index contributed by atoms with van der Waals surface area (Å²) in [5.74, 6) is -2.23. The molecule has 7 nitrogen and oxygen atoms in total. The molecule has 7 heteroatoms. The average Bonchev–Trinajstić information content (AvgIpc) is 2.63. The summed E-state index contributed by atoms with van der Waals surface area (Å²) in [4.78, 5) is 35.3. The molecule has 3 aromatic rings. The Kier molecular flexibility index (Phi) is 4.53. The van der Waals surface area contributed by atoms with Crippen LogP contribution in [0.3, 0.4) is 0 Å². The molecule has 0 fully saturated rings. The quantitative estimate of drug-likeness (QED) is 0.542. The zero-order valence-corrected chi connectivity index (χ0v) is 13.5. The number of carbonyl (C=O) groups excluding carboxylic acids is 3. The van der Waals surface area contributed by atoms with Gasteiger partial charge in [0, 0.05) is 27.7 Å². The Labute approximate surface area is 148 Å². The number of benzene rings is 3.